The number of nitrogens with one attached hydrogen (secondary N) is 1. The number of piperidine rings is 1. The number of carbonyl (C=O) groups excluding carboxylic acids is 2. The summed E-state index contributed by atoms with van der Waals surface area (Å²) in [5.41, 5.74) is -0.0520. The van der Waals surface area contributed by atoms with Crippen molar-refractivity contribution in [3.63, 3.8) is 0 Å². The standard InChI is InChI=1S/C17H21F2N3O3S/c1-25-9-8-22-15(23)11-26-17(22)4-6-21(7-5-17)16(24)20-14-3-2-12(18)10-13(14)19/h2-3,10H,4-9,11H2,1H3,(H,20,24). The monoisotopic (exact) mass is 385 g/mol. The maximum Gasteiger partial charge on any atom is 0.321 e. The number of amides is 3. The van der Waals surface area contributed by atoms with Gasteiger partial charge in [0.25, 0.3) is 0 Å². The molecule has 2 heterocycles. The van der Waals surface area contributed by atoms with Crippen molar-refractivity contribution in [3.05, 3.63) is 29.8 Å². The zero-order chi connectivity index (χ0) is 18.7. The van der Waals surface area contributed by atoms with Gasteiger partial charge in [0.05, 0.1) is 22.9 Å². The van der Waals surface area contributed by atoms with Gasteiger partial charge in [-0.3, -0.25) is 4.79 Å². The molecule has 0 saturated carbocycles. The van der Waals surface area contributed by atoms with Crippen LogP contribution in [0.3, 0.4) is 0 Å². The highest BCUT2D eigenvalue weighted by molar-refractivity contribution is 8.01. The Hall–Kier alpha value is -1.87. The van der Waals surface area contributed by atoms with Gasteiger partial charge in [0.2, 0.25) is 5.91 Å². The molecular formula is C17H21F2N3O3S. The predicted octanol–water partition coefficient (Wildman–Crippen LogP) is 2.51. The lowest BCUT2D eigenvalue weighted by Crippen LogP contribution is -2.54. The van der Waals surface area contributed by atoms with Gasteiger partial charge in [0, 0.05) is 32.8 Å². The van der Waals surface area contributed by atoms with Gasteiger partial charge >= 0.3 is 6.03 Å². The molecule has 2 fully saturated rings. The number of carbonyl (C=O) groups is 2. The maximum absolute atomic E-state index is 13.7. The summed E-state index contributed by atoms with van der Waals surface area (Å²) in [6, 6.07) is 2.60. The van der Waals surface area contributed by atoms with Gasteiger partial charge in [-0.05, 0) is 25.0 Å². The number of hydrogen-bond donors (Lipinski definition) is 1. The van der Waals surface area contributed by atoms with Crippen LogP contribution in [-0.4, -0.2) is 65.7 Å². The first-order valence-electron chi connectivity index (χ1n) is 8.39. The van der Waals surface area contributed by atoms with Crippen molar-refractivity contribution in [1.82, 2.24) is 9.80 Å². The largest absolute Gasteiger partial charge is 0.383 e. The number of nitrogens with zero attached hydrogens (tertiary/aromatic N) is 2. The number of urea groups is 1. The molecule has 0 atom stereocenters. The average molecular weight is 385 g/mol. The van der Waals surface area contributed by atoms with Gasteiger partial charge in [-0.25, -0.2) is 13.6 Å². The van der Waals surface area contributed by atoms with E-state index in [2.05, 4.69) is 5.32 Å². The summed E-state index contributed by atoms with van der Waals surface area (Å²) in [4.78, 5) is 27.7. The fraction of sp³-hybridized carbons (Fsp3) is 0.529. The number of ether oxygens (including phenoxy) is 1. The van der Waals surface area contributed by atoms with Crippen LogP contribution < -0.4 is 5.32 Å². The van der Waals surface area contributed by atoms with Gasteiger partial charge in [-0.2, -0.15) is 0 Å². The molecule has 0 unspecified atom stereocenters. The van der Waals surface area contributed by atoms with E-state index in [0.29, 0.717) is 44.8 Å². The highest BCUT2D eigenvalue weighted by Crippen LogP contribution is 2.44. The number of anilines is 1. The second-order valence-electron chi connectivity index (χ2n) is 6.31. The van der Waals surface area contributed by atoms with Crippen LogP contribution >= 0.6 is 11.8 Å². The molecule has 0 bridgehead atoms. The molecule has 0 aromatic heterocycles. The topological polar surface area (TPSA) is 61.9 Å². The van der Waals surface area contributed by atoms with Crippen molar-refractivity contribution in [3.8, 4) is 0 Å². The summed E-state index contributed by atoms with van der Waals surface area (Å²) in [7, 11) is 1.60. The normalized spacial score (nSPS) is 19.3. The molecule has 0 aliphatic carbocycles. The van der Waals surface area contributed by atoms with E-state index in [1.54, 1.807) is 23.8 Å². The molecule has 6 nitrogen and oxygen atoms in total. The number of halogens is 2. The smallest absolute Gasteiger partial charge is 0.321 e. The molecule has 2 aliphatic heterocycles. The molecule has 1 aromatic rings. The van der Waals surface area contributed by atoms with Gasteiger partial charge in [-0.15, -0.1) is 11.8 Å². The van der Waals surface area contributed by atoms with Crippen LogP contribution in [0.25, 0.3) is 0 Å². The Kier molecular flexibility index (Phi) is 5.67. The van der Waals surface area contributed by atoms with Crippen molar-refractivity contribution < 1.29 is 23.1 Å². The fourth-order valence-corrected chi connectivity index (χ4v) is 4.72. The van der Waals surface area contributed by atoms with Crippen molar-refractivity contribution in [2.75, 3.05) is 44.4 Å². The predicted molar refractivity (Wildman–Crippen MR) is 95.0 cm³/mol. The summed E-state index contributed by atoms with van der Waals surface area (Å²) >= 11 is 1.61. The van der Waals surface area contributed by atoms with Crippen LogP contribution in [0.2, 0.25) is 0 Å². The van der Waals surface area contributed by atoms with Gasteiger partial charge in [0.15, 0.2) is 0 Å². The molecule has 0 radical (unpaired) electrons. The minimum Gasteiger partial charge on any atom is -0.383 e. The quantitative estimate of drug-likeness (QED) is 0.865. The third-order valence-electron chi connectivity index (χ3n) is 4.78. The van der Waals surface area contributed by atoms with Crippen LogP contribution in [0.4, 0.5) is 19.3 Å². The Morgan fingerprint density at radius 1 is 1.35 bits per heavy atom. The van der Waals surface area contributed by atoms with Gasteiger partial charge < -0.3 is 19.9 Å². The lowest BCUT2D eigenvalue weighted by molar-refractivity contribution is -0.131. The van der Waals surface area contributed by atoms with E-state index in [1.165, 1.54) is 6.07 Å². The molecule has 1 N–H and O–H groups in total. The maximum atomic E-state index is 13.7. The Morgan fingerprint density at radius 3 is 2.73 bits per heavy atom. The Bertz CT molecular complexity index is 696. The van der Waals surface area contributed by atoms with E-state index < -0.39 is 17.7 Å². The lowest BCUT2D eigenvalue weighted by Gasteiger charge is -2.43. The number of benzene rings is 1. The van der Waals surface area contributed by atoms with E-state index in [-0.39, 0.29) is 16.5 Å². The minimum absolute atomic E-state index is 0.0520. The SMILES string of the molecule is COCCN1C(=O)CSC12CCN(C(=O)Nc1ccc(F)cc1F)CC2. The molecule has 1 aromatic carbocycles. The number of likely N-dealkylation sites (tertiary alicyclic amines) is 1. The molecule has 26 heavy (non-hydrogen) atoms. The van der Waals surface area contributed by atoms with Crippen molar-refractivity contribution >= 4 is 29.4 Å². The number of methoxy groups -OCH3 is 1. The molecular weight excluding hydrogens is 364 g/mol. The van der Waals surface area contributed by atoms with Crippen molar-refractivity contribution in [2.45, 2.75) is 17.7 Å². The van der Waals surface area contributed by atoms with Crippen molar-refractivity contribution in [2.24, 2.45) is 0 Å². The molecule has 3 amide bonds. The third kappa shape index (κ3) is 3.78. The van der Waals surface area contributed by atoms with Crippen LogP contribution in [0.1, 0.15) is 12.8 Å². The van der Waals surface area contributed by atoms with E-state index in [1.807, 2.05) is 4.90 Å². The first-order valence-corrected chi connectivity index (χ1v) is 9.38. The number of hydrogen-bond acceptors (Lipinski definition) is 4. The summed E-state index contributed by atoms with van der Waals surface area (Å²) in [6.45, 7) is 1.92. The Balaban J connectivity index is 1.60. The number of thioether (sulfide) groups is 1. The Morgan fingerprint density at radius 2 is 2.08 bits per heavy atom. The lowest BCUT2D eigenvalue weighted by atomic mass is 10.0. The summed E-state index contributed by atoms with van der Waals surface area (Å²) in [6.07, 6.45) is 1.29. The minimum atomic E-state index is -0.811. The average Bonchev–Trinajstić information content (AvgIpc) is 2.92. The highest BCUT2D eigenvalue weighted by Gasteiger charge is 2.48. The molecule has 2 aliphatic rings. The Labute approximate surface area is 154 Å². The van der Waals surface area contributed by atoms with Crippen LogP contribution in [-0.2, 0) is 9.53 Å². The zero-order valence-corrected chi connectivity index (χ0v) is 15.3. The van der Waals surface area contributed by atoms with Crippen LogP contribution in [0.5, 0.6) is 0 Å². The summed E-state index contributed by atoms with van der Waals surface area (Å²) < 4.78 is 31.7. The molecule has 2 saturated heterocycles. The van der Waals surface area contributed by atoms with Crippen molar-refractivity contribution in [1.29, 1.82) is 0 Å². The van der Waals surface area contributed by atoms with Gasteiger partial charge in [-0.1, -0.05) is 0 Å². The molecule has 1 spiro atoms. The van der Waals surface area contributed by atoms with Crippen LogP contribution in [0.15, 0.2) is 18.2 Å². The second-order valence-corrected chi connectivity index (χ2v) is 7.65. The molecule has 142 valence electrons. The molecule has 9 heteroatoms. The first-order chi connectivity index (χ1) is 12.4. The van der Waals surface area contributed by atoms with E-state index in [9.17, 15) is 18.4 Å². The summed E-state index contributed by atoms with van der Waals surface area (Å²) in [5, 5.41) is 2.48. The zero-order valence-electron chi connectivity index (χ0n) is 14.5. The second kappa shape index (κ2) is 7.79. The third-order valence-corrected chi connectivity index (χ3v) is 6.34. The molecule has 3 rings (SSSR count). The van der Waals surface area contributed by atoms with Gasteiger partial charge in [0.1, 0.15) is 11.6 Å². The van der Waals surface area contributed by atoms with E-state index >= 15 is 0 Å². The van der Waals surface area contributed by atoms with E-state index in [4.69, 9.17) is 4.74 Å². The number of rotatable bonds is 4. The van der Waals surface area contributed by atoms with E-state index in [0.717, 1.165) is 12.1 Å². The fourth-order valence-electron chi connectivity index (χ4n) is 3.35. The van der Waals surface area contributed by atoms with Crippen LogP contribution in [0, 0.1) is 11.6 Å². The first kappa shape index (κ1) is 18.9. The summed E-state index contributed by atoms with van der Waals surface area (Å²) in [5.74, 6) is -0.969. The highest BCUT2D eigenvalue weighted by atomic mass is 32.2.